The van der Waals surface area contributed by atoms with Crippen LogP contribution in [0.25, 0.3) is 6.08 Å². The second kappa shape index (κ2) is 9.66. The molecule has 140 valence electrons. The standard InChI is InChI=1S/C22H28O4/c1-14(9-8-10-15(2)13-20(23)24)11-12-19-18(5)21(25-6)16(3)17(4)22(19)26-7/h8-13H,1-7H3,(H,23,24). The summed E-state index contributed by atoms with van der Waals surface area (Å²) in [5, 5.41) is 8.70. The lowest BCUT2D eigenvalue weighted by Gasteiger charge is -2.18. The molecule has 0 radical (unpaired) electrons. The SMILES string of the molecule is COc1c(C)c(C)c(OC)c(C=CC(C)=CC=CC(C)=CC(=O)O)c1C. The maximum atomic E-state index is 10.6. The summed E-state index contributed by atoms with van der Waals surface area (Å²) in [6, 6.07) is 0. The Kier molecular flexibility index (Phi) is 7.91. The van der Waals surface area contributed by atoms with Gasteiger partial charge in [0.25, 0.3) is 0 Å². The van der Waals surface area contributed by atoms with E-state index in [0.29, 0.717) is 5.57 Å². The van der Waals surface area contributed by atoms with E-state index >= 15 is 0 Å². The minimum atomic E-state index is -0.945. The number of allylic oxidation sites excluding steroid dienone is 6. The minimum absolute atomic E-state index is 0.682. The van der Waals surface area contributed by atoms with Gasteiger partial charge in [-0.05, 0) is 51.3 Å². The molecule has 4 nitrogen and oxygen atoms in total. The van der Waals surface area contributed by atoms with Crippen LogP contribution in [0.1, 0.15) is 36.1 Å². The Balaban J connectivity index is 3.18. The van der Waals surface area contributed by atoms with E-state index in [-0.39, 0.29) is 0 Å². The Morgan fingerprint density at radius 1 is 0.885 bits per heavy atom. The number of benzene rings is 1. The van der Waals surface area contributed by atoms with Gasteiger partial charge in [0.15, 0.2) is 0 Å². The van der Waals surface area contributed by atoms with Crippen molar-refractivity contribution in [2.24, 2.45) is 0 Å². The smallest absolute Gasteiger partial charge is 0.328 e. The second-order valence-corrected chi connectivity index (χ2v) is 6.18. The van der Waals surface area contributed by atoms with E-state index < -0.39 is 5.97 Å². The molecule has 1 aromatic carbocycles. The molecule has 0 aliphatic carbocycles. The average Bonchev–Trinajstić information content (AvgIpc) is 2.56. The van der Waals surface area contributed by atoms with Crippen LogP contribution in [-0.2, 0) is 4.79 Å². The molecule has 0 aliphatic rings. The van der Waals surface area contributed by atoms with E-state index in [0.717, 1.165) is 39.3 Å². The largest absolute Gasteiger partial charge is 0.496 e. The van der Waals surface area contributed by atoms with Crippen molar-refractivity contribution in [2.75, 3.05) is 14.2 Å². The van der Waals surface area contributed by atoms with E-state index in [1.807, 2.05) is 52.0 Å². The van der Waals surface area contributed by atoms with Crippen LogP contribution in [0.2, 0.25) is 0 Å². The fourth-order valence-corrected chi connectivity index (χ4v) is 2.75. The quantitative estimate of drug-likeness (QED) is 0.540. The number of rotatable bonds is 7. The molecule has 0 spiro atoms. The van der Waals surface area contributed by atoms with Crippen LogP contribution in [0.15, 0.2) is 41.5 Å². The van der Waals surface area contributed by atoms with Gasteiger partial charge in [-0.1, -0.05) is 36.0 Å². The van der Waals surface area contributed by atoms with Crippen molar-refractivity contribution in [3.63, 3.8) is 0 Å². The van der Waals surface area contributed by atoms with Crippen LogP contribution < -0.4 is 9.47 Å². The fourth-order valence-electron chi connectivity index (χ4n) is 2.75. The van der Waals surface area contributed by atoms with Gasteiger partial charge in [0.1, 0.15) is 11.5 Å². The highest BCUT2D eigenvalue weighted by Gasteiger charge is 2.16. The van der Waals surface area contributed by atoms with Crippen LogP contribution >= 0.6 is 0 Å². The van der Waals surface area contributed by atoms with E-state index in [4.69, 9.17) is 14.6 Å². The third-order valence-corrected chi connectivity index (χ3v) is 4.22. The summed E-state index contributed by atoms with van der Waals surface area (Å²) >= 11 is 0. The Bertz CT molecular complexity index is 793. The lowest BCUT2D eigenvalue weighted by molar-refractivity contribution is -0.131. The number of carboxylic acids is 1. The number of hydrogen-bond donors (Lipinski definition) is 1. The number of aliphatic carboxylic acids is 1. The Hall–Kier alpha value is -2.75. The molecule has 0 aliphatic heterocycles. The molecule has 0 atom stereocenters. The normalized spacial score (nSPS) is 12.9. The molecule has 0 bridgehead atoms. The first-order valence-electron chi connectivity index (χ1n) is 8.38. The summed E-state index contributed by atoms with van der Waals surface area (Å²) in [6.45, 7) is 9.80. The summed E-state index contributed by atoms with van der Waals surface area (Å²) in [6.07, 6.45) is 10.7. The molecule has 4 heteroatoms. The summed E-state index contributed by atoms with van der Waals surface area (Å²) in [5.74, 6) is 0.776. The van der Waals surface area contributed by atoms with E-state index in [9.17, 15) is 4.79 Å². The van der Waals surface area contributed by atoms with Crippen LogP contribution in [0.3, 0.4) is 0 Å². The van der Waals surface area contributed by atoms with E-state index in [1.54, 1.807) is 27.2 Å². The third kappa shape index (κ3) is 5.38. The first-order chi connectivity index (χ1) is 12.2. The number of carbonyl (C=O) groups is 1. The zero-order valence-corrected chi connectivity index (χ0v) is 16.6. The highest BCUT2D eigenvalue weighted by atomic mass is 16.5. The first-order valence-corrected chi connectivity index (χ1v) is 8.38. The molecule has 1 rings (SSSR count). The van der Waals surface area contributed by atoms with Crippen LogP contribution in [-0.4, -0.2) is 25.3 Å². The zero-order chi connectivity index (χ0) is 19.9. The molecule has 0 saturated heterocycles. The number of hydrogen-bond acceptors (Lipinski definition) is 3. The van der Waals surface area contributed by atoms with Crippen LogP contribution in [0.4, 0.5) is 0 Å². The van der Waals surface area contributed by atoms with E-state index in [1.165, 1.54) is 6.08 Å². The van der Waals surface area contributed by atoms with Crippen molar-refractivity contribution >= 4 is 12.0 Å². The van der Waals surface area contributed by atoms with Crippen molar-refractivity contribution in [2.45, 2.75) is 34.6 Å². The molecular weight excluding hydrogens is 328 g/mol. The van der Waals surface area contributed by atoms with Gasteiger partial charge in [0.2, 0.25) is 0 Å². The lowest BCUT2D eigenvalue weighted by Crippen LogP contribution is -2.01. The molecule has 1 N–H and O–H groups in total. The second-order valence-electron chi connectivity index (χ2n) is 6.18. The molecule has 0 unspecified atom stereocenters. The molecule has 0 heterocycles. The number of methoxy groups -OCH3 is 2. The van der Waals surface area contributed by atoms with Gasteiger partial charge in [-0.25, -0.2) is 4.79 Å². The molecule has 0 aromatic heterocycles. The van der Waals surface area contributed by atoms with Gasteiger partial charge >= 0.3 is 5.97 Å². The average molecular weight is 356 g/mol. The summed E-state index contributed by atoms with van der Waals surface area (Å²) in [5.41, 5.74) is 5.88. The third-order valence-electron chi connectivity index (χ3n) is 4.22. The molecular formula is C22H28O4. The summed E-state index contributed by atoms with van der Waals surface area (Å²) in [4.78, 5) is 10.6. The van der Waals surface area contributed by atoms with Crippen LogP contribution in [0, 0.1) is 20.8 Å². The minimum Gasteiger partial charge on any atom is -0.496 e. The topological polar surface area (TPSA) is 55.8 Å². The van der Waals surface area contributed by atoms with Crippen molar-refractivity contribution in [3.8, 4) is 11.5 Å². The summed E-state index contributed by atoms with van der Waals surface area (Å²) < 4.78 is 11.2. The van der Waals surface area contributed by atoms with Gasteiger partial charge in [0, 0.05) is 17.2 Å². The predicted octanol–water partition coefficient (Wildman–Crippen LogP) is 5.18. The highest BCUT2D eigenvalue weighted by Crippen LogP contribution is 2.38. The Morgan fingerprint density at radius 2 is 1.46 bits per heavy atom. The fraction of sp³-hybridized carbons (Fsp3) is 0.318. The van der Waals surface area contributed by atoms with Crippen molar-refractivity contribution in [1.29, 1.82) is 0 Å². The van der Waals surface area contributed by atoms with Gasteiger partial charge in [-0.3, -0.25) is 0 Å². The first kappa shape index (κ1) is 21.3. The molecule has 0 fully saturated rings. The Morgan fingerprint density at radius 3 is 2.00 bits per heavy atom. The molecule has 0 saturated carbocycles. The number of carboxylic acid groups (broad SMARTS) is 1. The van der Waals surface area contributed by atoms with Crippen molar-refractivity contribution in [3.05, 3.63) is 63.8 Å². The van der Waals surface area contributed by atoms with Gasteiger partial charge in [-0.15, -0.1) is 0 Å². The maximum Gasteiger partial charge on any atom is 0.328 e. The van der Waals surface area contributed by atoms with Gasteiger partial charge in [-0.2, -0.15) is 0 Å². The summed E-state index contributed by atoms with van der Waals surface area (Å²) in [7, 11) is 3.35. The predicted molar refractivity (Wildman–Crippen MR) is 107 cm³/mol. The molecule has 0 amide bonds. The highest BCUT2D eigenvalue weighted by molar-refractivity contribution is 5.81. The Labute approximate surface area is 156 Å². The molecule has 1 aromatic rings. The van der Waals surface area contributed by atoms with Gasteiger partial charge < -0.3 is 14.6 Å². The van der Waals surface area contributed by atoms with Crippen LogP contribution in [0.5, 0.6) is 11.5 Å². The van der Waals surface area contributed by atoms with Crippen molar-refractivity contribution in [1.82, 2.24) is 0 Å². The monoisotopic (exact) mass is 356 g/mol. The van der Waals surface area contributed by atoms with Gasteiger partial charge in [0.05, 0.1) is 14.2 Å². The lowest BCUT2D eigenvalue weighted by atomic mass is 9.96. The van der Waals surface area contributed by atoms with E-state index in [2.05, 4.69) is 0 Å². The zero-order valence-electron chi connectivity index (χ0n) is 16.6. The maximum absolute atomic E-state index is 10.6. The van der Waals surface area contributed by atoms with Crippen molar-refractivity contribution < 1.29 is 19.4 Å². The molecule has 26 heavy (non-hydrogen) atoms. The number of ether oxygens (including phenoxy) is 2.